The monoisotopic (exact) mass is 286 g/mol. The molecule has 2 aromatic rings. The fourth-order valence-corrected chi connectivity index (χ4v) is 5.90. The van der Waals surface area contributed by atoms with Crippen LogP contribution in [0.5, 0.6) is 0 Å². The normalized spacial score (nSPS) is 14.4. The number of aryl methyl sites for hydroxylation is 2. The molecule has 1 aliphatic rings. The van der Waals surface area contributed by atoms with E-state index < -0.39 is 7.38 Å². The van der Waals surface area contributed by atoms with Crippen molar-refractivity contribution < 1.29 is 0 Å². The number of fused-ring (bicyclic) bond motifs is 3. The molecule has 0 saturated carbocycles. The Morgan fingerprint density at radius 3 is 1.63 bits per heavy atom. The van der Waals surface area contributed by atoms with Gasteiger partial charge in [-0.3, -0.25) is 0 Å². The lowest BCUT2D eigenvalue weighted by atomic mass is 10.0. The molecule has 0 heterocycles. The topological polar surface area (TPSA) is 0 Å². The molecule has 0 saturated heterocycles. The van der Waals surface area contributed by atoms with Gasteiger partial charge in [0.1, 0.15) is 0 Å². The van der Waals surface area contributed by atoms with E-state index in [0.717, 1.165) is 0 Å². The van der Waals surface area contributed by atoms with Crippen molar-refractivity contribution in [3.05, 3.63) is 58.7 Å². The van der Waals surface area contributed by atoms with Gasteiger partial charge >= 0.3 is 0 Å². The minimum Gasteiger partial charge on any atom is -0.167 e. The molecule has 0 nitrogen and oxygen atoms in total. The van der Waals surface area contributed by atoms with Crippen LogP contribution in [0.15, 0.2) is 36.4 Å². The molecule has 2 aromatic carbocycles. The van der Waals surface area contributed by atoms with Crippen LogP contribution in [-0.4, -0.2) is 7.38 Å². The first-order valence-electron chi connectivity index (χ1n) is 6.78. The van der Waals surface area contributed by atoms with E-state index in [1.807, 2.05) is 0 Å². The van der Waals surface area contributed by atoms with Crippen molar-refractivity contribution >= 4 is 18.5 Å². The second-order valence-electron chi connectivity index (χ2n) is 6.18. The largest absolute Gasteiger partial charge is 0.167 e. The minimum absolute atomic E-state index is 0.416. The van der Waals surface area contributed by atoms with Gasteiger partial charge in [0.25, 0.3) is 0 Å². The number of rotatable bonds is 1. The Hall–Kier alpha value is -1.05. The molecule has 19 heavy (non-hydrogen) atoms. The number of benzene rings is 2. The third kappa shape index (κ3) is 2.05. The van der Waals surface area contributed by atoms with E-state index in [4.69, 9.17) is 11.1 Å². The lowest BCUT2D eigenvalue weighted by molar-refractivity contribution is 1.13. The van der Waals surface area contributed by atoms with Crippen molar-refractivity contribution in [2.45, 2.75) is 32.5 Å². The van der Waals surface area contributed by atoms with Gasteiger partial charge < -0.3 is 0 Å². The Balaban J connectivity index is 2.32. The van der Waals surface area contributed by atoms with Crippen LogP contribution in [0.1, 0.15) is 27.8 Å². The zero-order valence-corrected chi connectivity index (χ0v) is 13.7. The van der Waals surface area contributed by atoms with Crippen molar-refractivity contribution in [1.82, 2.24) is 0 Å². The van der Waals surface area contributed by atoms with E-state index in [-0.39, 0.29) is 0 Å². The number of halogens is 1. The summed E-state index contributed by atoms with van der Waals surface area (Å²) in [6.45, 7) is 8.83. The third-order valence-corrected chi connectivity index (χ3v) is 6.66. The Bertz CT molecular complexity index is 601. The van der Waals surface area contributed by atoms with Crippen molar-refractivity contribution in [3.63, 3.8) is 0 Å². The van der Waals surface area contributed by atoms with Gasteiger partial charge in [-0.2, -0.15) is 11.1 Å². The van der Waals surface area contributed by atoms with E-state index in [0.29, 0.717) is 5.54 Å². The molecule has 2 heteroatoms. The van der Waals surface area contributed by atoms with Gasteiger partial charge in [0.05, 0.1) is 0 Å². The molecule has 0 N–H and O–H groups in total. The first kappa shape index (κ1) is 13.0. The lowest BCUT2D eigenvalue weighted by Crippen LogP contribution is -2.27. The molecule has 0 amide bonds. The highest BCUT2D eigenvalue weighted by Crippen LogP contribution is 2.50. The highest BCUT2D eigenvalue weighted by atomic mass is 35.6. The summed E-state index contributed by atoms with van der Waals surface area (Å²) in [4.78, 5) is 0. The maximum atomic E-state index is 6.84. The summed E-state index contributed by atoms with van der Waals surface area (Å²) < 4.78 is 0. The van der Waals surface area contributed by atoms with Crippen LogP contribution in [0.2, 0.25) is 13.1 Å². The molecule has 1 aliphatic carbocycles. The van der Waals surface area contributed by atoms with Crippen LogP contribution in [0.25, 0.3) is 11.1 Å². The standard InChI is InChI=1S/C17H19ClSi/c1-11-5-7-13-14-8-6-12(2)10-16(14)17(15(13)9-11)19(3,4)18/h5-10,17H,1-4H3. The van der Waals surface area contributed by atoms with Crippen LogP contribution in [0.3, 0.4) is 0 Å². The predicted molar refractivity (Wildman–Crippen MR) is 86.5 cm³/mol. The van der Waals surface area contributed by atoms with Crippen molar-refractivity contribution in [1.29, 1.82) is 0 Å². The summed E-state index contributed by atoms with van der Waals surface area (Å²) in [5, 5.41) is 0. The SMILES string of the molecule is Cc1ccc2c(c1)C([Si](C)(C)Cl)c1cc(C)ccc1-2. The Labute approximate surface area is 121 Å². The first-order valence-corrected chi connectivity index (χ1v) is 10.9. The van der Waals surface area contributed by atoms with Crippen LogP contribution >= 0.6 is 11.1 Å². The molecule has 0 aromatic heterocycles. The maximum absolute atomic E-state index is 6.84. The summed E-state index contributed by atoms with van der Waals surface area (Å²) in [5.74, 6) is 0. The minimum atomic E-state index is -1.80. The highest BCUT2D eigenvalue weighted by molar-refractivity contribution is 7.20. The van der Waals surface area contributed by atoms with Gasteiger partial charge in [0, 0.05) is 5.54 Å². The smallest absolute Gasteiger partial charge is 0.162 e. The number of hydrogen-bond acceptors (Lipinski definition) is 0. The molecular weight excluding hydrogens is 268 g/mol. The Morgan fingerprint density at radius 2 is 1.26 bits per heavy atom. The first-order chi connectivity index (χ1) is 8.88. The number of hydrogen-bond donors (Lipinski definition) is 0. The molecule has 98 valence electrons. The fraction of sp³-hybridized carbons (Fsp3) is 0.294. The zero-order chi connectivity index (χ0) is 13.8. The molecule has 0 aliphatic heterocycles. The van der Waals surface area contributed by atoms with Crippen LogP contribution in [0, 0.1) is 13.8 Å². The molecular formula is C17H19ClSi. The van der Waals surface area contributed by atoms with Gasteiger partial charge in [0.15, 0.2) is 7.38 Å². The Morgan fingerprint density at radius 1 is 0.842 bits per heavy atom. The maximum Gasteiger partial charge on any atom is 0.162 e. The second kappa shape index (κ2) is 4.22. The van der Waals surface area contributed by atoms with Gasteiger partial charge in [-0.15, -0.1) is 0 Å². The predicted octanol–water partition coefficient (Wildman–Crippen LogP) is 5.40. The summed E-state index contributed by atoms with van der Waals surface area (Å²) in [6, 6.07) is 13.6. The van der Waals surface area contributed by atoms with E-state index in [1.165, 1.54) is 33.4 Å². The van der Waals surface area contributed by atoms with Crippen LogP contribution in [-0.2, 0) is 0 Å². The molecule has 0 fully saturated rings. The van der Waals surface area contributed by atoms with Gasteiger partial charge in [-0.1, -0.05) is 60.6 Å². The zero-order valence-electron chi connectivity index (χ0n) is 11.9. The van der Waals surface area contributed by atoms with Crippen LogP contribution in [0.4, 0.5) is 0 Å². The quantitative estimate of drug-likeness (QED) is 0.486. The van der Waals surface area contributed by atoms with Gasteiger partial charge in [-0.05, 0) is 36.1 Å². The van der Waals surface area contributed by atoms with E-state index in [2.05, 4.69) is 63.3 Å². The summed E-state index contributed by atoms with van der Waals surface area (Å²) in [6.07, 6.45) is 0. The average molecular weight is 287 g/mol. The third-order valence-electron chi connectivity index (χ3n) is 4.01. The van der Waals surface area contributed by atoms with Gasteiger partial charge in [-0.25, -0.2) is 0 Å². The van der Waals surface area contributed by atoms with E-state index in [9.17, 15) is 0 Å². The van der Waals surface area contributed by atoms with Crippen LogP contribution < -0.4 is 0 Å². The average Bonchev–Trinajstić information content (AvgIpc) is 2.60. The molecule has 0 radical (unpaired) electrons. The van der Waals surface area contributed by atoms with E-state index in [1.54, 1.807) is 0 Å². The molecule has 0 spiro atoms. The summed E-state index contributed by atoms with van der Waals surface area (Å²) in [7, 11) is -1.80. The second-order valence-corrected chi connectivity index (χ2v) is 12.8. The van der Waals surface area contributed by atoms with Crippen molar-refractivity contribution in [3.8, 4) is 11.1 Å². The van der Waals surface area contributed by atoms with Crippen molar-refractivity contribution in [2.24, 2.45) is 0 Å². The highest BCUT2D eigenvalue weighted by Gasteiger charge is 2.39. The molecule has 3 rings (SSSR count). The summed E-state index contributed by atoms with van der Waals surface area (Å²) >= 11 is 6.84. The van der Waals surface area contributed by atoms with E-state index >= 15 is 0 Å². The molecule has 0 unspecified atom stereocenters. The lowest BCUT2D eigenvalue weighted by Gasteiger charge is -2.24. The molecule has 0 atom stereocenters. The summed E-state index contributed by atoms with van der Waals surface area (Å²) in [5.41, 5.74) is 8.70. The van der Waals surface area contributed by atoms with Crippen molar-refractivity contribution in [2.75, 3.05) is 0 Å². The Kier molecular flexibility index (Phi) is 2.88. The fourth-order valence-electron chi connectivity index (χ4n) is 3.24. The molecule has 0 bridgehead atoms. The van der Waals surface area contributed by atoms with Gasteiger partial charge in [0.2, 0.25) is 0 Å².